The molecule has 1 saturated carbocycles. The first-order chi connectivity index (χ1) is 7.64. The summed E-state index contributed by atoms with van der Waals surface area (Å²) in [6.07, 6.45) is 11.5. The van der Waals surface area contributed by atoms with Gasteiger partial charge in [-0.15, -0.1) is 0 Å². The van der Waals surface area contributed by atoms with Crippen LogP contribution in [0.2, 0.25) is 0 Å². The zero-order valence-electron chi connectivity index (χ0n) is 9.48. The Labute approximate surface area is 107 Å². The van der Waals surface area contributed by atoms with Gasteiger partial charge < -0.3 is 0 Å². The van der Waals surface area contributed by atoms with Crippen LogP contribution in [0, 0.1) is 5.92 Å². The molecular weight excluding hydrogens is 243 g/mol. The van der Waals surface area contributed by atoms with Crippen LogP contribution in [0.4, 0.5) is 0 Å². The Morgan fingerprint density at radius 1 is 1.06 bits per heavy atom. The van der Waals surface area contributed by atoms with Gasteiger partial charge in [-0.2, -0.15) is 0 Å². The van der Waals surface area contributed by atoms with Crippen molar-refractivity contribution in [3.8, 4) is 0 Å². The predicted molar refractivity (Wildman–Crippen MR) is 68.0 cm³/mol. The summed E-state index contributed by atoms with van der Waals surface area (Å²) < 4.78 is -1.13. The van der Waals surface area contributed by atoms with Gasteiger partial charge in [-0.05, 0) is 19.3 Å². The molecule has 2 aliphatic carbocycles. The van der Waals surface area contributed by atoms with E-state index in [-0.39, 0.29) is 11.7 Å². The minimum atomic E-state index is -1.13. The first-order valence-corrected chi connectivity index (χ1v) is 7.02. The molecule has 0 spiro atoms. The third kappa shape index (κ3) is 2.31. The molecule has 1 unspecified atom stereocenters. The molecule has 2 aliphatic rings. The summed E-state index contributed by atoms with van der Waals surface area (Å²) in [6, 6.07) is 0. The number of alkyl halides is 2. The molecule has 0 N–H and O–H groups in total. The van der Waals surface area contributed by atoms with Crippen LogP contribution in [-0.4, -0.2) is 10.1 Å². The van der Waals surface area contributed by atoms with Crippen LogP contribution >= 0.6 is 23.2 Å². The smallest absolute Gasteiger partial charge is 0.195 e. The third-order valence-corrected chi connectivity index (χ3v) is 4.56. The second-order valence-electron chi connectivity index (χ2n) is 4.86. The molecule has 2 rings (SSSR count). The number of Topliss-reactive ketones (excluding diaryl/α,β-unsaturated/α-hetero) is 1. The first-order valence-electron chi connectivity index (χ1n) is 6.26. The molecule has 3 heteroatoms. The van der Waals surface area contributed by atoms with Crippen LogP contribution in [0.5, 0.6) is 0 Å². The van der Waals surface area contributed by atoms with Gasteiger partial charge in [0.1, 0.15) is 0 Å². The van der Waals surface area contributed by atoms with Gasteiger partial charge in [-0.3, -0.25) is 4.79 Å². The van der Waals surface area contributed by atoms with E-state index in [4.69, 9.17) is 23.2 Å². The maximum absolute atomic E-state index is 11.7. The van der Waals surface area contributed by atoms with Crippen molar-refractivity contribution in [2.75, 3.05) is 0 Å². The average molecular weight is 261 g/mol. The number of carbonyl (C=O) groups is 1. The van der Waals surface area contributed by atoms with Gasteiger partial charge in [0.15, 0.2) is 10.1 Å². The number of hydrogen-bond acceptors (Lipinski definition) is 1. The zero-order chi connectivity index (χ0) is 11.6. The number of halogens is 2. The zero-order valence-corrected chi connectivity index (χ0v) is 11.0. The van der Waals surface area contributed by atoms with E-state index in [1.54, 1.807) is 0 Å². The monoisotopic (exact) mass is 260 g/mol. The second kappa shape index (κ2) is 5.10. The summed E-state index contributed by atoms with van der Waals surface area (Å²) in [5.41, 5.74) is 0.895. The molecule has 0 saturated heterocycles. The standard InChI is InChI=1S/C13H18Cl2O/c14-13(15)11-9-7-5-3-1-2-4-6-8-10(11)12(13)16/h8,11H,1-7,9H2/b10-8+. The largest absolute Gasteiger partial charge is 0.291 e. The lowest BCUT2D eigenvalue weighted by Gasteiger charge is -2.40. The predicted octanol–water partition coefficient (Wildman–Crippen LogP) is 4.42. The topological polar surface area (TPSA) is 17.1 Å². The van der Waals surface area contributed by atoms with E-state index in [2.05, 4.69) is 6.08 Å². The molecule has 0 radical (unpaired) electrons. The first kappa shape index (κ1) is 12.4. The van der Waals surface area contributed by atoms with E-state index >= 15 is 0 Å². The molecule has 1 atom stereocenters. The van der Waals surface area contributed by atoms with Gasteiger partial charge in [0, 0.05) is 11.5 Å². The van der Waals surface area contributed by atoms with Gasteiger partial charge in [-0.1, -0.05) is 61.4 Å². The molecule has 0 bridgehead atoms. The summed E-state index contributed by atoms with van der Waals surface area (Å²) in [7, 11) is 0. The Morgan fingerprint density at radius 3 is 2.44 bits per heavy atom. The normalized spacial score (nSPS) is 34.0. The lowest BCUT2D eigenvalue weighted by atomic mass is 9.73. The number of ketones is 1. The summed E-state index contributed by atoms with van der Waals surface area (Å²) in [6.45, 7) is 0. The van der Waals surface area contributed by atoms with Gasteiger partial charge >= 0.3 is 0 Å². The SMILES string of the molecule is O=C1/C2=C/CCCCCCCCC2C1(Cl)Cl. The molecule has 0 aromatic carbocycles. The lowest BCUT2D eigenvalue weighted by molar-refractivity contribution is -0.121. The fourth-order valence-corrected chi connectivity index (χ4v) is 3.33. The fourth-order valence-electron chi connectivity index (χ4n) is 2.66. The number of carbonyl (C=O) groups excluding carboxylic acids is 1. The van der Waals surface area contributed by atoms with Crippen molar-refractivity contribution in [3.63, 3.8) is 0 Å². The van der Waals surface area contributed by atoms with E-state index < -0.39 is 4.33 Å². The maximum atomic E-state index is 11.7. The molecular formula is C13H18Cl2O. The second-order valence-corrected chi connectivity index (χ2v) is 6.25. The fraction of sp³-hybridized carbons (Fsp3) is 0.769. The molecule has 90 valence electrons. The van der Waals surface area contributed by atoms with Crippen molar-refractivity contribution in [1.82, 2.24) is 0 Å². The van der Waals surface area contributed by atoms with Crippen LogP contribution in [0.25, 0.3) is 0 Å². The molecule has 16 heavy (non-hydrogen) atoms. The summed E-state index contributed by atoms with van der Waals surface area (Å²) in [5.74, 6) is 0.0292. The van der Waals surface area contributed by atoms with Gasteiger partial charge in [-0.25, -0.2) is 0 Å². The Kier molecular flexibility index (Phi) is 3.97. The number of fused-ring (bicyclic) bond motifs is 1. The van der Waals surface area contributed by atoms with Crippen LogP contribution in [0.1, 0.15) is 51.4 Å². The maximum Gasteiger partial charge on any atom is 0.195 e. The minimum absolute atomic E-state index is 0.0555. The van der Waals surface area contributed by atoms with Crippen LogP contribution in [0.15, 0.2) is 11.6 Å². The highest BCUT2D eigenvalue weighted by molar-refractivity contribution is 6.63. The van der Waals surface area contributed by atoms with Crippen LogP contribution in [-0.2, 0) is 4.79 Å². The highest BCUT2D eigenvalue weighted by atomic mass is 35.5. The average Bonchev–Trinajstić information content (AvgIpc) is 2.31. The third-order valence-electron chi connectivity index (χ3n) is 3.69. The highest BCUT2D eigenvalue weighted by Crippen LogP contribution is 2.51. The summed E-state index contributed by atoms with van der Waals surface area (Å²) in [4.78, 5) is 11.7. The lowest BCUT2D eigenvalue weighted by Crippen LogP contribution is -2.50. The van der Waals surface area contributed by atoms with Crippen molar-refractivity contribution in [3.05, 3.63) is 11.6 Å². The molecule has 1 nitrogen and oxygen atoms in total. The highest BCUT2D eigenvalue weighted by Gasteiger charge is 2.55. The van der Waals surface area contributed by atoms with Crippen molar-refractivity contribution in [1.29, 1.82) is 0 Å². The molecule has 0 aromatic rings. The molecule has 0 aromatic heterocycles. The minimum Gasteiger partial charge on any atom is -0.291 e. The van der Waals surface area contributed by atoms with Crippen LogP contribution < -0.4 is 0 Å². The van der Waals surface area contributed by atoms with Gasteiger partial charge in [0.2, 0.25) is 0 Å². The molecule has 0 heterocycles. The Balaban J connectivity index is 2.07. The van der Waals surface area contributed by atoms with Crippen molar-refractivity contribution in [2.24, 2.45) is 5.92 Å². The summed E-state index contributed by atoms with van der Waals surface area (Å²) in [5, 5.41) is 0. The van der Waals surface area contributed by atoms with E-state index in [9.17, 15) is 4.79 Å². The Morgan fingerprint density at radius 2 is 1.69 bits per heavy atom. The quantitative estimate of drug-likeness (QED) is 0.590. The van der Waals surface area contributed by atoms with E-state index in [1.165, 1.54) is 32.1 Å². The Bertz CT molecular complexity index is 307. The Hall–Kier alpha value is -0.0100. The summed E-state index contributed by atoms with van der Waals surface area (Å²) >= 11 is 12.1. The van der Waals surface area contributed by atoms with Crippen LogP contribution in [0.3, 0.4) is 0 Å². The van der Waals surface area contributed by atoms with E-state index in [0.29, 0.717) is 0 Å². The number of hydrogen-bond donors (Lipinski definition) is 0. The number of rotatable bonds is 0. The van der Waals surface area contributed by atoms with Crippen molar-refractivity contribution in [2.45, 2.75) is 55.7 Å². The number of allylic oxidation sites excluding steroid dienone is 2. The van der Waals surface area contributed by atoms with Gasteiger partial charge in [0.05, 0.1) is 0 Å². The van der Waals surface area contributed by atoms with Crippen molar-refractivity contribution >= 4 is 29.0 Å². The van der Waals surface area contributed by atoms with E-state index in [0.717, 1.165) is 24.8 Å². The molecule has 1 fully saturated rings. The molecule has 0 amide bonds. The molecule has 0 aliphatic heterocycles. The van der Waals surface area contributed by atoms with E-state index in [1.807, 2.05) is 0 Å². The van der Waals surface area contributed by atoms with Crippen molar-refractivity contribution < 1.29 is 4.79 Å². The van der Waals surface area contributed by atoms with Gasteiger partial charge in [0.25, 0.3) is 0 Å².